The molecule has 2 aromatic rings. The van der Waals surface area contributed by atoms with Gasteiger partial charge in [0.25, 0.3) is 0 Å². The summed E-state index contributed by atoms with van der Waals surface area (Å²) >= 11 is 0. The summed E-state index contributed by atoms with van der Waals surface area (Å²) in [6.07, 6.45) is 0. The van der Waals surface area contributed by atoms with E-state index in [0.29, 0.717) is 5.56 Å². The van der Waals surface area contributed by atoms with Gasteiger partial charge < -0.3 is 9.84 Å². The molecule has 3 nitrogen and oxygen atoms in total. The van der Waals surface area contributed by atoms with E-state index in [-0.39, 0.29) is 16.9 Å². The Morgan fingerprint density at radius 3 is 2.30 bits per heavy atom. The van der Waals surface area contributed by atoms with Crippen molar-refractivity contribution in [1.82, 2.24) is 0 Å². The Morgan fingerprint density at radius 2 is 1.70 bits per heavy atom. The third kappa shape index (κ3) is 3.18. The molecule has 0 aromatic heterocycles. The maximum absolute atomic E-state index is 12.0. The molecule has 0 aliphatic carbocycles. The fraction of sp³-hybridized carbons (Fsp3) is 0.235. The van der Waals surface area contributed by atoms with Crippen LogP contribution in [0, 0.1) is 0 Å². The average molecular weight is 270 g/mol. The van der Waals surface area contributed by atoms with Crippen LogP contribution in [0.2, 0.25) is 0 Å². The van der Waals surface area contributed by atoms with E-state index in [0.717, 1.165) is 5.56 Å². The van der Waals surface area contributed by atoms with Crippen LogP contribution in [0.5, 0.6) is 11.5 Å². The van der Waals surface area contributed by atoms with Gasteiger partial charge in [-0.3, -0.25) is 0 Å². The summed E-state index contributed by atoms with van der Waals surface area (Å²) < 4.78 is 5.28. The van der Waals surface area contributed by atoms with Gasteiger partial charge >= 0.3 is 5.97 Å². The van der Waals surface area contributed by atoms with Crippen molar-refractivity contribution < 1.29 is 14.6 Å². The van der Waals surface area contributed by atoms with Crippen LogP contribution < -0.4 is 4.74 Å². The summed E-state index contributed by atoms with van der Waals surface area (Å²) in [6.45, 7) is 6.17. The molecule has 104 valence electrons. The van der Waals surface area contributed by atoms with E-state index in [1.165, 1.54) is 0 Å². The predicted octanol–water partition coefficient (Wildman–Crippen LogP) is 3.91. The van der Waals surface area contributed by atoms with Crippen molar-refractivity contribution >= 4 is 5.97 Å². The quantitative estimate of drug-likeness (QED) is 0.664. The molecular formula is C17H18O3. The molecule has 0 saturated carbocycles. The topological polar surface area (TPSA) is 46.5 Å². The zero-order valence-electron chi connectivity index (χ0n) is 11.9. The lowest BCUT2D eigenvalue weighted by atomic mass is 9.87. The molecule has 0 heterocycles. The molecule has 0 fully saturated rings. The van der Waals surface area contributed by atoms with Gasteiger partial charge in [-0.05, 0) is 35.2 Å². The van der Waals surface area contributed by atoms with Crippen molar-refractivity contribution in [1.29, 1.82) is 0 Å². The molecule has 0 spiro atoms. The minimum absolute atomic E-state index is 0.0396. The van der Waals surface area contributed by atoms with Gasteiger partial charge in [0.05, 0.1) is 5.56 Å². The molecule has 0 aliphatic heterocycles. The Balaban J connectivity index is 2.27. The van der Waals surface area contributed by atoms with Crippen LogP contribution in [0.3, 0.4) is 0 Å². The van der Waals surface area contributed by atoms with Crippen molar-refractivity contribution in [2.75, 3.05) is 0 Å². The maximum Gasteiger partial charge on any atom is 0.343 e. The van der Waals surface area contributed by atoms with E-state index in [4.69, 9.17) is 4.74 Å². The molecule has 0 bridgehead atoms. The number of hydrogen-bond donors (Lipinski definition) is 1. The highest BCUT2D eigenvalue weighted by Crippen LogP contribution is 2.32. The van der Waals surface area contributed by atoms with Gasteiger partial charge in [0.1, 0.15) is 0 Å². The minimum Gasteiger partial charge on any atom is -0.504 e. The molecule has 1 N–H and O–H groups in total. The van der Waals surface area contributed by atoms with E-state index < -0.39 is 5.97 Å². The van der Waals surface area contributed by atoms with Gasteiger partial charge in [0, 0.05) is 0 Å². The number of esters is 1. The van der Waals surface area contributed by atoms with E-state index in [1.54, 1.807) is 36.4 Å². The van der Waals surface area contributed by atoms with Gasteiger partial charge in [-0.15, -0.1) is 0 Å². The second-order valence-corrected chi connectivity index (χ2v) is 5.69. The third-order valence-corrected chi connectivity index (χ3v) is 3.04. The molecular weight excluding hydrogens is 252 g/mol. The Kier molecular flexibility index (Phi) is 3.79. The Hall–Kier alpha value is -2.29. The van der Waals surface area contributed by atoms with Crippen molar-refractivity contribution in [2.24, 2.45) is 0 Å². The molecule has 0 atom stereocenters. The lowest BCUT2D eigenvalue weighted by Gasteiger charge is -2.20. The van der Waals surface area contributed by atoms with Crippen LogP contribution in [0.4, 0.5) is 0 Å². The Labute approximate surface area is 118 Å². The highest BCUT2D eigenvalue weighted by atomic mass is 16.5. The van der Waals surface area contributed by atoms with Crippen molar-refractivity contribution in [3.8, 4) is 11.5 Å². The first kappa shape index (κ1) is 14.1. The van der Waals surface area contributed by atoms with E-state index >= 15 is 0 Å². The Bertz CT molecular complexity index is 610. The maximum atomic E-state index is 12.0. The lowest BCUT2D eigenvalue weighted by Crippen LogP contribution is -2.13. The number of phenolic OH excluding ortho intramolecular Hbond substituents is 1. The number of ether oxygens (including phenoxy) is 1. The molecule has 2 aromatic carbocycles. The first-order chi connectivity index (χ1) is 9.38. The summed E-state index contributed by atoms with van der Waals surface area (Å²) in [6, 6.07) is 13.8. The molecule has 3 heteroatoms. The summed E-state index contributed by atoms with van der Waals surface area (Å²) in [4.78, 5) is 12.0. The van der Waals surface area contributed by atoms with Crippen molar-refractivity contribution in [2.45, 2.75) is 26.2 Å². The molecule has 2 rings (SSSR count). The fourth-order valence-corrected chi connectivity index (χ4v) is 1.80. The van der Waals surface area contributed by atoms with Gasteiger partial charge in [0.15, 0.2) is 11.5 Å². The van der Waals surface area contributed by atoms with Crippen LogP contribution in [0.25, 0.3) is 0 Å². The number of aromatic hydroxyl groups is 1. The normalized spacial score (nSPS) is 11.2. The molecule has 0 unspecified atom stereocenters. The molecule has 0 saturated heterocycles. The van der Waals surface area contributed by atoms with E-state index in [1.807, 2.05) is 12.1 Å². The zero-order chi connectivity index (χ0) is 14.8. The fourth-order valence-electron chi connectivity index (χ4n) is 1.80. The molecule has 20 heavy (non-hydrogen) atoms. The first-order valence-corrected chi connectivity index (χ1v) is 6.48. The van der Waals surface area contributed by atoms with Gasteiger partial charge in [-0.2, -0.15) is 0 Å². The van der Waals surface area contributed by atoms with E-state index in [9.17, 15) is 9.90 Å². The van der Waals surface area contributed by atoms with Crippen LogP contribution >= 0.6 is 0 Å². The Morgan fingerprint density at radius 1 is 1.05 bits per heavy atom. The second-order valence-electron chi connectivity index (χ2n) is 5.69. The van der Waals surface area contributed by atoms with Crippen LogP contribution in [-0.4, -0.2) is 11.1 Å². The van der Waals surface area contributed by atoms with Crippen LogP contribution in [-0.2, 0) is 5.41 Å². The number of rotatable bonds is 2. The SMILES string of the molecule is CC(C)(C)c1ccc(O)c(OC(=O)c2ccccc2)c1. The highest BCUT2D eigenvalue weighted by molar-refractivity contribution is 5.91. The summed E-state index contributed by atoms with van der Waals surface area (Å²) in [7, 11) is 0. The smallest absolute Gasteiger partial charge is 0.343 e. The van der Waals surface area contributed by atoms with Gasteiger partial charge in [-0.25, -0.2) is 4.79 Å². The number of carbonyl (C=O) groups excluding carboxylic acids is 1. The third-order valence-electron chi connectivity index (χ3n) is 3.04. The predicted molar refractivity (Wildman–Crippen MR) is 78.2 cm³/mol. The summed E-state index contributed by atoms with van der Waals surface area (Å²) in [5, 5.41) is 9.82. The average Bonchev–Trinajstić information content (AvgIpc) is 2.41. The number of benzene rings is 2. The van der Waals surface area contributed by atoms with Crippen LogP contribution in [0.15, 0.2) is 48.5 Å². The molecule has 0 aliphatic rings. The van der Waals surface area contributed by atoms with Crippen molar-refractivity contribution in [3.05, 3.63) is 59.7 Å². The van der Waals surface area contributed by atoms with Crippen LogP contribution in [0.1, 0.15) is 36.7 Å². The van der Waals surface area contributed by atoms with E-state index in [2.05, 4.69) is 20.8 Å². The first-order valence-electron chi connectivity index (χ1n) is 6.48. The van der Waals surface area contributed by atoms with Gasteiger partial charge in [-0.1, -0.05) is 45.0 Å². The molecule has 0 amide bonds. The number of phenols is 1. The van der Waals surface area contributed by atoms with Crippen molar-refractivity contribution in [3.63, 3.8) is 0 Å². The minimum atomic E-state index is -0.480. The number of hydrogen-bond acceptors (Lipinski definition) is 3. The monoisotopic (exact) mass is 270 g/mol. The zero-order valence-corrected chi connectivity index (χ0v) is 11.9. The highest BCUT2D eigenvalue weighted by Gasteiger charge is 2.18. The number of carbonyl (C=O) groups is 1. The van der Waals surface area contributed by atoms with Gasteiger partial charge in [0.2, 0.25) is 0 Å². The second kappa shape index (κ2) is 5.37. The lowest BCUT2D eigenvalue weighted by molar-refractivity contribution is 0.0729. The molecule has 0 radical (unpaired) electrons. The standard InChI is InChI=1S/C17H18O3/c1-17(2,3)13-9-10-14(18)15(11-13)20-16(19)12-7-5-4-6-8-12/h4-11,18H,1-3H3. The summed E-state index contributed by atoms with van der Waals surface area (Å²) in [5.41, 5.74) is 1.36. The summed E-state index contributed by atoms with van der Waals surface area (Å²) in [5.74, 6) is -0.333. The largest absolute Gasteiger partial charge is 0.504 e.